The third kappa shape index (κ3) is 1.53. The van der Waals surface area contributed by atoms with Crippen LogP contribution in [0, 0.1) is 6.92 Å². The Labute approximate surface area is 89.5 Å². The second kappa shape index (κ2) is 3.46. The van der Waals surface area contributed by atoms with Gasteiger partial charge in [0.1, 0.15) is 4.60 Å². The number of aromatic nitrogens is 2. The van der Waals surface area contributed by atoms with Gasteiger partial charge in [-0.2, -0.15) is 0 Å². The summed E-state index contributed by atoms with van der Waals surface area (Å²) < 4.78 is 2.31. The average Bonchev–Trinajstić information content (AvgIpc) is 2.46. The van der Waals surface area contributed by atoms with Crippen LogP contribution in [0.1, 0.15) is 5.56 Å². The molecule has 2 rings (SSSR count). The summed E-state index contributed by atoms with van der Waals surface area (Å²) in [5.74, 6) is 0. The summed E-state index contributed by atoms with van der Waals surface area (Å²) in [4.78, 5) is 14.0. The Morgan fingerprint density at radius 3 is 2.79 bits per heavy atom. The van der Waals surface area contributed by atoms with Gasteiger partial charge in [0.2, 0.25) is 0 Å². The first-order chi connectivity index (χ1) is 6.68. The molecule has 14 heavy (non-hydrogen) atoms. The quantitative estimate of drug-likeness (QED) is 0.831. The SMILES string of the molecule is Cc1cccc(-n2c(Br)c[nH]c2=O)c1. The van der Waals surface area contributed by atoms with Gasteiger partial charge in [0.05, 0.1) is 5.69 Å². The molecular weight excluding hydrogens is 244 g/mol. The molecule has 1 N–H and O–H groups in total. The van der Waals surface area contributed by atoms with E-state index in [2.05, 4.69) is 20.9 Å². The highest BCUT2D eigenvalue weighted by molar-refractivity contribution is 9.10. The molecule has 0 saturated carbocycles. The van der Waals surface area contributed by atoms with Gasteiger partial charge in [-0.15, -0.1) is 0 Å². The van der Waals surface area contributed by atoms with Crippen LogP contribution in [-0.2, 0) is 0 Å². The third-order valence-electron chi connectivity index (χ3n) is 1.99. The lowest BCUT2D eigenvalue weighted by molar-refractivity contribution is 0.965. The molecule has 0 aliphatic heterocycles. The van der Waals surface area contributed by atoms with Crippen molar-refractivity contribution < 1.29 is 0 Å². The molecule has 72 valence electrons. The molecule has 0 amide bonds. The van der Waals surface area contributed by atoms with Crippen molar-refractivity contribution in [1.82, 2.24) is 9.55 Å². The number of hydrogen-bond acceptors (Lipinski definition) is 1. The second-order valence-corrected chi connectivity index (χ2v) is 3.90. The maximum Gasteiger partial charge on any atom is 0.331 e. The minimum Gasteiger partial charge on any atom is -0.311 e. The summed E-state index contributed by atoms with van der Waals surface area (Å²) in [6, 6.07) is 7.78. The van der Waals surface area contributed by atoms with Crippen molar-refractivity contribution >= 4 is 15.9 Å². The molecule has 0 aliphatic rings. The number of imidazole rings is 1. The molecule has 0 unspecified atom stereocenters. The molecule has 0 atom stereocenters. The van der Waals surface area contributed by atoms with Crippen molar-refractivity contribution in [3.8, 4) is 5.69 Å². The lowest BCUT2D eigenvalue weighted by atomic mass is 10.2. The molecule has 4 heteroatoms. The van der Waals surface area contributed by atoms with Gasteiger partial charge in [-0.3, -0.25) is 4.57 Å². The lowest BCUT2D eigenvalue weighted by Crippen LogP contribution is -2.14. The third-order valence-corrected chi connectivity index (χ3v) is 2.57. The molecule has 0 bridgehead atoms. The lowest BCUT2D eigenvalue weighted by Gasteiger charge is -2.03. The second-order valence-electron chi connectivity index (χ2n) is 3.09. The van der Waals surface area contributed by atoms with E-state index < -0.39 is 0 Å². The normalized spacial score (nSPS) is 10.4. The van der Waals surface area contributed by atoms with Gasteiger partial charge < -0.3 is 4.98 Å². The minimum atomic E-state index is -0.137. The fourth-order valence-corrected chi connectivity index (χ4v) is 1.84. The predicted octanol–water partition coefficient (Wildman–Crippen LogP) is 2.24. The van der Waals surface area contributed by atoms with Crippen molar-refractivity contribution in [2.45, 2.75) is 6.92 Å². The van der Waals surface area contributed by atoms with Crippen LogP contribution in [0.2, 0.25) is 0 Å². The maximum atomic E-state index is 11.4. The van der Waals surface area contributed by atoms with E-state index in [0.717, 1.165) is 15.9 Å². The highest BCUT2D eigenvalue weighted by Crippen LogP contribution is 2.14. The van der Waals surface area contributed by atoms with E-state index in [4.69, 9.17) is 0 Å². The Kier molecular flexibility index (Phi) is 2.29. The van der Waals surface area contributed by atoms with Crippen molar-refractivity contribution in [2.24, 2.45) is 0 Å². The standard InChI is InChI=1S/C10H9BrN2O/c1-7-3-2-4-8(5-7)13-9(11)6-12-10(13)14/h2-6H,1H3,(H,12,14). The first kappa shape index (κ1) is 9.27. The monoisotopic (exact) mass is 252 g/mol. The number of H-pyrrole nitrogens is 1. The number of nitrogens with one attached hydrogen (secondary N) is 1. The zero-order chi connectivity index (χ0) is 10.1. The van der Waals surface area contributed by atoms with Crippen LogP contribution in [-0.4, -0.2) is 9.55 Å². The van der Waals surface area contributed by atoms with Gasteiger partial charge in [-0.05, 0) is 40.5 Å². The number of hydrogen-bond donors (Lipinski definition) is 1. The predicted molar refractivity (Wildman–Crippen MR) is 58.8 cm³/mol. The molecule has 0 aliphatic carbocycles. The van der Waals surface area contributed by atoms with Crippen LogP contribution in [0.25, 0.3) is 5.69 Å². The number of nitrogens with zero attached hydrogens (tertiary/aromatic N) is 1. The average molecular weight is 253 g/mol. The molecule has 1 heterocycles. The van der Waals surface area contributed by atoms with E-state index in [1.165, 1.54) is 0 Å². The first-order valence-electron chi connectivity index (χ1n) is 4.21. The maximum absolute atomic E-state index is 11.4. The summed E-state index contributed by atoms with van der Waals surface area (Å²) in [7, 11) is 0. The number of aryl methyl sites for hydroxylation is 1. The van der Waals surface area contributed by atoms with Gasteiger partial charge in [0, 0.05) is 6.20 Å². The van der Waals surface area contributed by atoms with E-state index in [9.17, 15) is 4.79 Å². The van der Waals surface area contributed by atoms with Crippen molar-refractivity contribution in [2.75, 3.05) is 0 Å². The number of rotatable bonds is 1. The molecule has 0 spiro atoms. The van der Waals surface area contributed by atoms with E-state index in [0.29, 0.717) is 0 Å². The van der Waals surface area contributed by atoms with E-state index in [1.54, 1.807) is 10.8 Å². The van der Waals surface area contributed by atoms with Gasteiger partial charge in [0.15, 0.2) is 0 Å². The summed E-state index contributed by atoms with van der Waals surface area (Å²) in [6.07, 6.45) is 1.63. The van der Waals surface area contributed by atoms with Crippen molar-refractivity contribution in [3.05, 3.63) is 51.1 Å². The van der Waals surface area contributed by atoms with Crippen LogP contribution in [0.4, 0.5) is 0 Å². The van der Waals surface area contributed by atoms with Crippen LogP contribution in [0.3, 0.4) is 0 Å². The van der Waals surface area contributed by atoms with Crippen molar-refractivity contribution in [1.29, 1.82) is 0 Å². The molecule has 2 aromatic rings. The molecular formula is C10H9BrN2O. The minimum absolute atomic E-state index is 0.137. The summed E-state index contributed by atoms with van der Waals surface area (Å²) in [5, 5.41) is 0. The number of benzene rings is 1. The Bertz CT molecular complexity index is 513. The molecule has 0 radical (unpaired) electrons. The van der Waals surface area contributed by atoms with Crippen molar-refractivity contribution in [3.63, 3.8) is 0 Å². The summed E-state index contributed by atoms with van der Waals surface area (Å²) in [6.45, 7) is 2.00. The Morgan fingerprint density at radius 1 is 1.43 bits per heavy atom. The van der Waals surface area contributed by atoms with E-state index >= 15 is 0 Å². The van der Waals surface area contributed by atoms with E-state index in [-0.39, 0.29) is 5.69 Å². The summed E-state index contributed by atoms with van der Waals surface area (Å²) in [5.41, 5.74) is 1.85. The van der Waals surface area contributed by atoms with Crippen LogP contribution >= 0.6 is 15.9 Å². The number of aromatic amines is 1. The fourth-order valence-electron chi connectivity index (χ4n) is 1.36. The van der Waals surface area contributed by atoms with Gasteiger partial charge in [0.25, 0.3) is 0 Å². The molecule has 0 fully saturated rings. The molecule has 1 aromatic heterocycles. The zero-order valence-corrected chi connectivity index (χ0v) is 9.21. The highest BCUT2D eigenvalue weighted by atomic mass is 79.9. The summed E-state index contributed by atoms with van der Waals surface area (Å²) >= 11 is 3.31. The Balaban J connectivity index is 2.66. The highest BCUT2D eigenvalue weighted by Gasteiger charge is 2.04. The van der Waals surface area contributed by atoms with Gasteiger partial charge in [-0.25, -0.2) is 4.79 Å². The fraction of sp³-hybridized carbons (Fsp3) is 0.100. The topological polar surface area (TPSA) is 37.8 Å². The Morgan fingerprint density at radius 2 is 2.21 bits per heavy atom. The number of halogens is 1. The smallest absolute Gasteiger partial charge is 0.311 e. The Hall–Kier alpha value is -1.29. The van der Waals surface area contributed by atoms with E-state index in [1.807, 2.05) is 31.2 Å². The largest absolute Gasteiger partial charge is 0.331 e. The van der Waals surface area contributed by atoms with Crippen LogP contribution in [0.15, 0.2) is 39.9 Å². The molecule has 3 nitrogen and oxygen atoms in total. The van der Waals surface area contributed by atoms with Gasteiger partial charge in [-0.1, -0.05) is 12.1 Å². The molecule has 1 aromatic carbocycles. The molecule has 0 saturated heterocycles. The van der Waals surface area contributed by atoms with Crippen LogP contribution in [0.5, 0.6) is 0 Å². The van der Waals surface area contributed by atoms with Gasteiger partial charge >= 0.3 is 5.69 Å². The first-order valence-corrected chi connectivity index (χ1v) is 5.01. The van der Waals surface area contributed by atoms with Crippen LogP contribution < -0.4 is 5.69 Å². The zero-order valence-electron chi connectivity index (χ0n) is 7.62.